The van der Waals surface area contributed by atoms with Crippen LogP contribution < -0.4 is 4.74 Å². The first-order valence-electron chi connectivity index (χ1n) is 7.28. The second kappa shape index (κ2) is 5.54. The third kappa shape index (κ3) is 3.30. The van der Waals surface area contributed by atoms with Crippen LogP contribution in [0.1, 0.15) is 63.5 Å². The molecule has 1 aromatic rings. The van der Waals surface area contributed by atoms with E-state index in [2.05, 4.69) is 39.0 Å². The summed E-state index contributed by atoms with van der Waals surface area (Å²) in [5.41, 5.74) is 2.77. The van der Waals surface area contributed by atoms with Gasteiger partial charge in [-0.15, -0.1) is 0 Å². The van der Waals surface area contributed by atoms with E-state index in [1.807, 2.05) is 0 Å². The fourth-order valence-corrected chi connectivity index (χ4v) is 2.97. The number of hydrogen-bond acceptors (Lipinski definition) is 2. The van der Waals surface area contributed by atoms with Gasteiger partial charge in [0.1, 0.15) is 5.75 Å². The van der Waals surface area contributed by atoms with Gasteiger partial charge in [0.25, 0.3) is 0 Å². The van der Waals surface area contributed by atoms with Crippen molar-refractivity contribution < 1.29 is 9.84 Å². The molecule has 106 valence electrons. The molecule has 0 spiro atoms. The SMILES string of the molecule is COc1ccc(C2CCC(O)CC2)cc1C(C)(C)C. The Bertz CT molecular complexity index is 423. The Morgan fingerprint density at radius 3 is 2.26 bits per heavy atom. The van der Waals surface area contributed by atoms with Crippen LogP contribution in [0.25, 0.3) is 0 Å². The van der Waals surface area contributed by atoms with Crippen molar-refractivity contribution in [1.29, 1.82) is 0 Å². The van der Waals surface area contributed by atoms with Crippen LogP contribution in [0.3, 0.4) is 0 Å². The van der Waals surface area contributed by atoms with Gasteiger partial charge < -0.3 is 9.84 Å². The van der Waals surface area contributed by atoms with Gasteiger partial charge in [0, 0.05) is 0 Å². The lowest BCUT2D eigenvalue weighted by Gasteiger charge is -2.28. The summed E-state index contributed by atoms with van der Waals surface area (Å²) in [6.07, 6.45) is 3.97. The molecular formula is C17H26O2. The third-order valence-corrected chi connectivity index (χ3v) is 4.20. The number of hydrogen-bond donors (Lipinski definition) is 1. The molecule has 1 saturated carbocycles. The quantitative estimate of drug-likeness (QED) is 0.872. The molecule has 0 aromatic heterocycles. The van der Waals surface area contributed by atoms with E-state index in [0.717, 1.165) is 31.4 Å². The average Bonchev–Trinajstić information content (AvgIpc) is 2.38. The van der Waals surface area contributed by atoms with Gasteiger partial charge in [0.2, 0.25) is 0 Å². The first kappa shape index (κ1) is 14.4. The van der Waals surface area contributed by atoms with E-state index in [1.165, 1.54) is 11.1 Å². The number of aliphatic hydroxyl groups excluding tert-OH is 1. The van der Waals surface area contributed by atoms with Gasteiger partial charge in [-0.2, -0.15) is 0 Å². The molecule has 1 aliphatic carbocycles. The maximum absolute atomic E-state index is 9.62. The molecule has 1 fully saturated rings. The highest BCUT2D eigenvalue weighted by atomic mass is 16.5. The minimum Gasteiger partial charge on any atom is -0.496 e. The molecule has 0 atom stereocenters. The highest BCUT2D eigenvalue weighted by Gasteiger charge is 2.24. The summed E-state index contributed by atoms with van der Waals surface area (Å²) in [6.45, 7) is 6.66. The van der Waals surface area contributed by atoms with Crippen LogP contribution in [0.4, 0.5) is 0 Å². The lowest BCUT2D eigenvalue weighted by Crippen LogP contribution is -2.18. The van der Waals surface area contributed by atoms with E-state index in [4.69, 9.17) is 4.74 Å². The number of rotatable bonds is 2. The Morgan fingerprint density at radius 2 is 1.74 bits per heavy atom. The van der Waals surface area contributed by atoms with Gasteiger partial charge in [0.15, 0.2) is 0 Å². The summed E-state index contributed by atoms with van der Waals surface area (Å²) in [7, 11) is 1.74. The van der Waals surface area contributed by atoms with E-state index in [0.29, 0.717) is 5.92 Å². The van der Waals surface area contributed by atoms with Crippen LogP contribution in [-0.2, 0) is 5.41 Å². The normalized spacial score (nSPS) is 24.3. The summed E-state index contributed by atoms with van der Waals surface area (Å²) in [4.78, 5) is 0. The summed E-state index contributed by atoms with van der Waals surface area (Å²) >= 11 is 0. The van der Waals surface area contributed by atoms with Crippen molar-refractivity contribution in [2.24, 2.45) is 0 Å². The zero-order chi connectivity index (χ0) is 14.0. The zero-order valence-electron chi connectivity index (χ0n) is 12.6. The lowest BCUT2D eigenvalue weighted by atomic mass is 9.79. The Morgan fingerprint density at radius 1 is 1.11 bits per heavy atom. The van der Waals surface area contributed by atoms with E-state index in [9.17, 15) is 5.11 Å². The van der Waals surface area contributed by atoms with Gasteiger partial charge >= 0.3 is 0 Å². The van der Waals surface area contributed by atoms with Crippen molar-refractivity contribution in [3.63, 3.8) is 0 Å². The molecule has 1 aromatic carbocycles. The second-order valence-electron chi connectivity index (χ2n) is 6.72. The minimum absolute atomic E-state index is 0.0865. The molecule has 0 radical (unpaired) electrons. The molecule has 1 N–H and O–H groups in total. The molecule has 1 aliphatic rings. The monoisotopic (exact) mass is 262 g/mol. The van der Waals surface area contributed by atoms with E-state index < -0.39 is 0 Å². The maximum atomic E-state index is 9.62. The van der Waals surface area contributed by atoms with Crippen molar-refractivity contribution in [2.45, 2.75) is 63.9 Å². The smallest absolute Gasteiger partial charge is 0.122 e. The molecule has 2 rings (SSSR count). The highest BCUT2D eigenvalue weighted by Crippen LogP contribution is 2.38. The number of ether oxygens (including phenoxy) is 1. The van der Waals surface area contributed by atoms with Gasteiger partial charge in [-0.3, -0.25) is 0 Å². The van der Waals surface area contributed by atoms with Crippen molar-refractivity contribution in [1.82, 2.24) is 0 Å². The lowest BCUT2D eigenvalue weighted by molar-refractivity contribution is 0.122. The highest BCUT2D eigenvalue weighted by molar-refractivity contribution is 5.42. The van der Waals surface area contributed by atoms with Gasteiger partial charge in [-0.1, -0.05) is 32.9 Å². The summed E-state index contributed by atoms with van der Waals surface area (Å²) < 4.78 is 5.49. The van der Waals surface area contributed by atoms with Gasteiger partial charge in [0.05, 0.1) is 13.2 Å². The largest absolute Gasteiger partial charge is 0.496 e. The van der Waals surface area contributed by atoms with Gasteiger partial charge in [-0.25, -0.2) is 0 Å². The molecule has 0 heterocycles. The van der Waals surface area contributed by atoms with Crippen LogP contribution >= 0.6 is 0 Å². The topological polar surface area (TPSA) is 29.5 Å². The van der Waals surface area contributed by atoms with E-state index in [1.54, 1.807) is 7.11 Å². The summed E-state index contributed by atoms with van der Waals surface area (Å²) in [5.74, 6) is 1.57. The Balaban J connectivity index is 2.28. The zero-order valence-corrected chi connectivity index (χ0v) is 12.6. The minimum atomic E-state index is -0.0865. The molecule has 0 amide bonds. The van der Waals surface area contributed by atoms with Crippen LogP contribution in [0.2, 0.25) is 0 Å². The molecule has 0 bridgehead atoms. The van der Waals surface area contributed by atoms with Crippen molar-refractivity contribution in [2.75, 3.05) is 7.11 Å². The van der Waals surface area contributed by atoms with Crippen LogP contribution in [0.15, 0.2) is 18.2 Å². The van der Waals surface area contributed by atoms with Crippen LogP contribution in [0, 0.1) is 0 Å². The Kier molecular flexibility index (Phi) is 4.19. The number of benzene rings is 1. The molecule has 19 heavy (non-hydrogen) atoms. The molecule has 2 nitrogen and oxygen atoms in total. The second-order valence-corrected chi connectivity index (χ2v) is 6.72. The average molecular weight is 262 g/mol. The summed E-state index contributed by atoms with van der Waals surface area (Å²) in [6, 6.07) is 6.60. The molecule has 0 aliphatic heterocycles. The molecule has 0 saturated heterocycles. The first-order chi connectivity index (χ1) is 8.91. The molecule has 2 heteroatoms. The molecular weight excluding hydrogens is 236 g/mol. The predicted octanol–water partition coefficient (Wildman–Crippen LogP) is 4.01. The Labute approximate surface area is 116 Å². The third-order valence-electron chi connectivity index (χ3n) is 4.20. The van der Waals surface area contributed by atoms with Crippen molar-refractivity contribution >= 4 is 0 Å². The first-order valence-corrected chi connectivity index (χ1v) is 7.28. The fourth-order valence-electron chi connectivity index (χ4n) is 2.97. The standard InChI is InChI=1S/C17H26O2/c1-17(2,3)15-11-13(7-10-16(15)19-4)12-5-8-14(18)9-6-12/h7,10-12,14,18H,5-6,8-9H2,1-4H3. The molecule has 0 unspecified atom stereocenters. The maximum Gasteiger partial charge on any atom is 0.122 e. The number of methoxy groups -OCH3 is 1. The Hall–Kier alpha value is -1.02. The van der Waals surface area contributed by atoms with E-state index >= 15 is 0 Å². The van der Waals surface area contributed by atoms with Crippen molar-refractivity contribution in [3.05, 3.63) is 29.3 Å². The van der Waals surface area contributed by atoms with Crippen molar-refractivity contribution in [3.8, 4) is 5.75 Å². The fraction of sp³-hybridized carbons (Fsp3) is 0.647. The van der Waals surface area contributed by atoms with Crippen LogP contribution in [0.5, 0.6) is 5.75 Å². The van der Waals surface area contributed by atoms with Gasteiger partial charge in [-0.05, 0) is 54.2 Å². The predicted molar refractivity (Wildman–Crippen MR) is 78.9 cm³/mol. The summed E-state index contributed by atoms with van der Waals surface area (Å²) in [5, 5.41) is 9.62. The van der Waals surface area contributed by atoms with E-state index in [-0.39, 0.29) is 11.5 Å². The van der Waals surface area contributed by atoms with Crippen LogP contribution in [-0.4, -0.2) is 18.3 Å². The number of aliphatic hydroxyl groups is 1.